The average molecular weight is 153 g/mol. The fourth-order valence-electron chi connectivity index (χ4n) is 0.935. The maximum atomic E-state index is 12.8. The molecule has 0 unspecified atom stereocenters. The third-order valence-corrected chi connectivity index (χ3v) is 1.41. The summed E-state index contributed by atoms with van der Waals surface area (Å²) < 4.78 is 13.2. The third kappa shape index (κ3) is 0.813. The van der Waals surface area contributed by atoms with Crippen molar-refractivity contribution < 1.29 is 9.12 Å². The minimum Gasteiger partial charge on any atom is -0.619 e. The zero-order chi connectivity index (χ0) is 7.84. The highest BCUT2D eigenvalue weighted by atomic mass is 19.1. The minimum absolute atomic E-state index is 0.261. The van der Waals surface area contributed by atoms with Gasteiger partial charge in [0.2, 0.25) is 12.0 Å². The number of nitrogens with zero attached hydrogens (tertiary/aromatic N) is 2. The van der Waals surface area contributed by atoms with Crippen LogP contribution in [-0.4, -0.2) is 10.2 Å². The molecule has 0 radical (unpaired) electrons. The van der Waals surface area contributed by atoms with Gasteiger partial charge in [0.1, 0.15) is 5.52 Å². The molecule has 1 N–H and O–H groups in total. The molecule has 2 heterocycles. The van der Waals surface area contributed by atoms with E-state index < -0.39 is 5.82 Å². The van der Waals surface area contributed by atoms with Gasteiger partial charge in [-0.15, -0.1) is 0 Å². The fourth-order valence-corrected chi connectivity index (χ4v) is 0.935. The van der Waals surface area contributed by atoms with Gasteiger partial charge in [-0.05, 0) is 0 Å². The number of fused-ring (bicyclic) bond motifs is 1. The monoisotopic (exact) mass is 153 g/mol. The first kappa shape index (κ1) is 6.09. The second-order valence-corrected chi connectivity index (χ2v) is 2.17. The van der Waals surface area contributed by atoms with Crippen LogP contribution >= 0.6 is 0 Å². The Bertz CT molecular complexity index is 398. The minimum atomic E-state index is -0.588. The first-order valence-electron chi connectivity index (χ1n) is 2.99. The molecule has 4 nitrogen and oxygen atoms in total. The van der Waals surface area contributed by atoms with E-state index in [9.17, 15) is 9.60 Å². The molecule has 0 aliphatic heterocycles. The Balaban J connectivity index is 2.91. The van der Waals surface area contributed by atoms with Crippen molar-refractivity contribution in [3.05, 3.63) is 29.6 Å². The van der Waals surface area contributed by atoms with Crippen molar-refractivity contribution in [3.63, 3.8) is 0 Å². The fraction of sp³-hybridized carbons (Fsp3) is 0. The Labute approximate surface area is 60.9 Å². The molecule has 11 heavy (non-hydrogen) atoms. The van der Waals surface area contributed by atoms with Crippen molar-refractivity contribution in [2.75, 3.05) is 0 Å². The highest BCUT2D eigenvalue weighted by Gasteiger charge is 2.06. The van der Waals surface area contributed by atoms with Gasteiger partial charge < -0.3 is 5.21 Å². The highest BCUT2D eigenvalue weighted by Crippen LogP contribution is 2.09. The van der Waals surface area contributed by atoms with Crippen molar-refractivity contribution in [1.82, 2.24) is 10.2 Å². The molecule has 0 spiro atoms. The van der Waals surface area contributed by atoms with Crippen LogP contribution < -0.4 is 4.73 Å². The van der Waals surface area contributed by atoms with Crippen LogP contribution in [0.15, 0.2) is 18.6 Å². The summed E-state index contributed by atoms with van der Waals surface area (Å²) in [7, 11) is 0. The van der Waals surface area contributed by atoms with Gasteiger partial charge in [-0.25, -0.2) is 0 Å². The summed E-state index contributed by atoms with van der Waals surface area (Å²) in [4.78, 5) is 0. The van der Waals surface area contributed by atoms with E-state index in [1.165, 1.54) is 12.4 Å². The average Bonchev–Trinajstić information content (AvgIpc) is 2.34. The van der Waals surface area contributed by atoms with Gasteiger partial charge >= 0.3 is 0 Å². The number of nitrogens with one attached hydrogen (secondary N) is 1. The summed E-state index contributed by atoms with van der Waals surface area (Å²) in [5.41, 5.74) is 0.261. The van der Waals surface area contributed by atoms with Crippen LogP contribution in [0.1, 0.15) is 0 Å². The topological polar surface area (TPSA) is 55.6 Å². The maximum absolute atomic E-state index is 12.8. The van der Waals surface area contributed by atoms with Gasteiger partial charge in [0.05, 0.1) is 11.6 Å². The van der Waals surface area contributed by atoms with E-state index in [0.29, 0.717) is 10.1 Å². The number of aromatic nitrogens is 3. The maximum Gasteiger partial charge on any atom is 0.218 e. The first-order valence-corrected chi connectivity index (χ1v) is 2.99. The van der Waals surface area contributed by atoms with E-state index in [1.807, 2.05) is 0 Å². The van der Waals surface area contributed by atoms with Crippen molar-refractivity contribution in [1.29, 1.82) is 0 Å². The molecule has 5 heteroatoms. The van der Waals surface area contributed by atoms with Crippen LogP contribution in [0.3, 0.4) is 0 Å². The van der Waals surface area contributed by atoms with Crippen molar-refractivity contribution in [2.45, 2.75) is 0 Å². The number of H-pyrrole nitrogens is 1. The summed E-state index contributed by atoms with van der Waals surface area (Å²) >= 11 is 0. The van der Waals surface area contributed by atoms with Crippen LogP contribution in [0.25, 0.3) is 10.9 Å². The Kier molecular flexibility index (Phi) is 1.06. The summed E-state index contributed by atoms with van der Waals surface area (Å²) in [5.74, 6) is -0.588. The largest absolute Gasteiger partial charge is 0.619 e. The highest BCUT2D eigenvalue weighted by molar-refractivity contribution is 5.76. The molecule has 0 aliphatic rings. The van der Waals surface area contributed by atoms with Gasteiger partial charge in [-0.1, -0.05) is 0 Å². The molecular formula is C6H4FN3O. The van der Waals surface area contributed by atoms with Gasteiger partial charge in [0.15, 0.2) is 6.20 Å². The molecule has 0 aliphatic carbocycles. The normalized spacial score (nSPS) is 10.6. The van der Waals surface area contributed by atoms with Crippen LogP contribution in [0.2, 0.25) is 0 Å². The second kappa shape index (κ2) is 1.91. The summed E-state index contributed by atoms with van der Waals surface area (Å²) in [5, 5.41) is 17.1. The SMILES string of the molecule is [O-][n+]1cc(F)c2[nH]ncc2c1. The standard InChI is InChI=1S/C6H4FN3O/c7-5-3-10(11)2-4-1-8-9-6(4)5/h1-3H,(H,8,9). The zero-order valence-corrected chi connectivity index (χ0v) is 5.41. The number of hydrogen-bond acceptors (Lipinski definition) is 2. The van der Waals surface area contributed by atoms with E-state index in [-0.39, 0.29) is 5.52 Å². The molecule has 2 aromatic rings. The lowest BCUT2D eigenvalue weighted by Crippen LogP contribution is -2.24. The predicted octanol–water partition coefficient (Wildman–Crippen LogP) is 0.335. The van der Waals surface area contributed by atoms with Crippen LogP contribution in [0.4, 0.5) is 4.39 Å². The lowest BCUT2D eigenvalue weighted by Gasteiger charge is -1.94. The van der Waals surface area contributed by atoms with E-state index in [4.69, 9.17) is 0 Å². The molecule has 0 atom stereocenters. The number of aromatic amines is 1. The Morgan fingerprint density at radius 2 is 2.36 bits per heavy atom. The molecule has 0 amide bonds. The van der Waals surface area contributed by atoms with Crippen molar-refractivity contribution >= 4 is 10.9 Å². The number of rotatable bonds is 0. The van der Waals surface area contributed by atoms with Crippen LogP contribution in [0.5, 0.6) is 0 Å². The quantitative estimate of drug-likeness (QED) is 0.438. The Morgan fingerprint density at radius 1 is 1.55 bits per heavy atom. The van der Waals surface area contributed by atoms with Crippen LogP contribution in [0, 0.1) is 11.0 Å². The lowest BCUT2D eigenvalue weighted by molar-refractivity contribution is -0.605. The number of pyridine rings is 1. The first-order chi connectivity index (χ1) is 5.27. The van der Waals surface area contributed by atoms with E-state index in [2.05, 4.69) is 10.2 Å². The second-order valence-electron chi connectivity index (χ2n) is 2.17. The molecule has 0 saturated heterocycles. The van der Waals surface area contributed by atoms with Gasteiger partial charge in [-0.2, -0.15) is 14.2 Å². The summed E-state index contributed by atoms with van der Waals surface area (Å²) in [6, 6.07) is 0. The number of halogens is 1. The molecule has 0 aromatic carbocycles. The van der Waals surface area contributed by atoms with Gasteiger partial charge in [-0.3, -0.25) is 5.10 Å². The molecule has 2 rings (SSSR count). The summed E-state index contributed by atoms with van der Waals surface area (Å²) in [6.07, 6.45) is 3.50. The summed E-state index contributed by atoms with van der Waals surface area (Å²) in [6.45, 7) is 0. The van der Waals surface area contributed by atoms with Gasteiger partial charge in [0.25, 0.3) is 0 Å². The molecular weight excluding hydrogens is 149 g/mol. The third-order valence-electron chi connectivity index (χ3n) is 1.41. The van der Waals surface area contributed by atoms with E-state index in [0.717, 1.165) is 6.20 Å². The molecule has 0 fully saturated rings. The number of hydrogen-bond donors (Lipinski definition) is 1. The zero-order valence-electron chi connectivity index (χ0n) is 5.41. The Hall–Kier alpha value is -1.65. The Morgan fingerprint density at radius 3 is 3.18 bits per heavy atom. The van der Waals surface area contributed by atoms with E-state index in [1.54, 1.807) is 0 Å². The van der Waals surface area contributed by atoms with Crippen LogP contribution in [-0.2, 0) is 0 Å². The molecule has 0 saturated carbocycles. The van der Waals surface area contributed by atoms with Crippen molar-refractivity contribution in [2.24, 2.45) is 0 Å². The van der Waals surface area contributed by atoms with Crippen molar-refractivity contribution in [3.8, 4) is 0 Å². The molecule has 2 aromatic heterocycles. The lowest BCUT2D eigenvalue weighted by atomic mass is 10.3. The van der Waals surface area contributed by atoms with Gasteiger partial charge in [0, 0.05) is 0 Å². The molecule has 56 valence electrons. The predicted molar refractivity (Wildman–Crippen MR) is 35.0 cm³/mol. The molecule has 0 bridgehead atoms. The van der Waals surface area contributed by atoms with E-state index >= 15 is 0 Å². The smallest absolute Gasteiger partial charge is 0.218 e.